The lowest BCUT2D eigenvalue weighted by Crippen LogP contribution is -2.61. The van der Waals surface area contributed by atoms with Crippen LogP contribution in [0.5, 0.6) is 46.0 Å². The van der Waals surface area contributed by atoms with Gasteiger partial charge >= 0.3 is 11.9 Å². The number of hydrogen-bond donors (Lipinski definition) is 17. The molecule has 0 saturated carbocycles. The van der Waals surface area contributed by atoms with Crippen molar-refractivity contribution < 1.29 is 149 Å². The number of hydrogen-bond acceptors (Lipinski definition) is 30. The van der Waals surface area contributed by atoms with Gasteiger partial charge in [-0.2, -0.15) is 0 Å². The van der Waals surface area contributed by atoms with Crippen molar-refractivity contribution in [2.75, 3.05) is 19.8 Å². The zero-order valence-corrected chi connectivity index (χ0v) is 43.2. The number of rotatable bonds is 16. The number of phenolic OH excluding ortho intramolecular Hbond substituents is 5. The molecule has 4 aromatic carbocycles. The number of ether oxygens (including phenoxy) is 11. The highest BCUT2D eigenvalue weighted by molar-refractivity contribution is 5.90. The molecule has 0 radical (unpaired) electrons. The molecule has 452 valence electrons. The molecule has 0 amide bonds. The number of aliphatic hydroxyl groups excluding tert-OH is 12. The Labute approximate surface area is 468 Å². The molecule has 0 bridgehead atoms. The lowest BCUT2D eigenvalue weighted by atomic mass is 9.98. The molecule has 17 N–H and O–H groups in total. The van der Waals surface area contributed by atoms with Gasteiger partial charge in [0.2, 0.25) is 18.9 Å². The van der Waals surface area contributed by atoms with E-state index in [2.05, 4.69) is 0 Å². The minimum Gasteiger partial charge on any atom is -0.508 e. The van der Waals surface area contributed by atoms with Gasteiger partial charge in [-0.3, -0.25) is 0 Å². The molecule has 30 heteroatoms. The zero-order chi connectivity index (χ0) is 59.9. The highest BCUT2D eigenvalue weighted by atomic mass is 16.7. The number of carbonyl (C=O) groups is 2. The summed E-state index contributed by atoms with van der Waals surface area (Å²) in [4.78, 5) is 25.7. The number of aromatic hydroxyl groups is 5. The second-order valence-corrected chi connectivity index (χ2v) is 20.0. The first-order chi connectivity index (χ1) is 39.4. The molecule has 0 aromatic heterocycles. The van der Waals surface area contributed by atoms with Crippen LogP contribution in [-0.4, -0.2) is 241 Å². The number of benzene rings is 4. The summed E-state index contributed by atoms with van der Waals surface area (Å²) in [5.41, 5.74) is -0.345. The first-order valence-electron chi connectivity index (χ1n) is 25.5. The van der Waals surface area contributed by atoms with Crippen molar-refractivity contribution in [1.29, 1.82) is 0 Å². The molecule has 83 heavy (non-hydrogen) atoms. The molecule has 0 spiro atoms. The molecule has 30 nitrogen and oxygen atoms in total. The van der Waals surface area contributed by atoms with Crippen LogP contribution in [0.25, 0.3) is 6.08 Å². The van der Waals surface area contributed by atoms with Crippen molar-refractivity contribution in [3.63, 3.8) is 0 Å². The Hall–Kier alpha value is -6.92. The lowest BCUT2D eigenvalue weighted by molar-refractivity contribution is -0.324. The second-order valence-electron chi connectivity index (χ2n) is 20.0. The van der Waals surface area contributed by atoms with Crippen LogP contribution in [-0.2, 0) is 37.9 Å². The standard InChI is InChI=1S/C53H60O30/c1-18-34(58)39(63)43(67)50(76-18)75-17-33-38(62)42(66)46(70)53(83-33)80-30-14-25-26(55)12-24(13-29(25)79-47(30)21-10-27(56)35(59)28(57)11-21)78-52-45(69)41(65)37(61)32(82-52)16-74-49(72)20-4-8-23(9-5-20)77-51-44(68)40(64)36(60)31(81-51)15-73-48(71)19-2-6-22(54)7-3-19/h2-14,18,31-34,36-47,50-70H,15-17H2,1H3. The van der Waals surface area contributed by atoms with Crippen LogP contribution in [0.15, 0.2) is 78.6 Å². The maximum atomic E-state index is 13.2. The van der Waals surface area contributed by atoms with Crippen LogP contribution in [0.2, 0.25) is 0 Å². The highest BCUT2D eigenvalue weighted by Crippen LogP contribution is 2.48. The Balaban J connectivity index is 0.851. The topological polar surface area (TPSA) is 480 Å². The first kappa shape index (κ1) is 60.7. The SMILES string of the molecule is CC1OC(OCC2OC(OC3=Cc4c(O)cc(OC5OC(COC(=O)c6ccc(OC7OC(COC(=O)c8ccc(O)cc8)C(O)C(O)C7O)cc6)C(O)C(O)C5O)cc4OC3c3cc(O)c(O)c(O)c3)C(O)C(O)C2O)C(O)C(O)C1O. The maximum absolute atomic E-state index is 13.2. The molecule has 21 unspecified atom stereocenters. The highest BCUT2D eigenvalue weighted by Gasteiger charge is 2.50. The van der Waals surface area contributed by atoms with E-state index >= 15 is 0 Å². The summed E-state index contributed by atoms with van der Waals surface area (Å²) in [6, 6.07) is 14.1. The van der Waals surface area contributed by atoms with Gasteiger partial charge in [0.05, 0.1) is 29.4 Å². The van der Waals surface area contributed by atoms with E-state index < -0.39 is 184 Å². The molecule has 5 aliphatic rings. The molecular formula is C53H60O30. The molecule has 4 fully saturated rings. The Bertz CT molecular complexity index is 2920. The number of aliphatic hydroxyl groups is 12. The third-order valence-electron chi connectivity index (χ3n) is 14.2. The van der Waals surface area contributed by atoms with E-state index in [1.807, 2.05) is 0 Å². The van der Waals surface area contributed by atoms with Gasteiger partial charge in [0, 0.05) is 17.7 Å². The van der Waals surface area contributed by atoms with Crippen LogP contribution < -0.4 is 14.2 Å². The molecule has 5 heterocycles. The van der Waals surface area contributed by atoms with Gasteiger partial charge in [-0.15, -0.1) is 0 Å². The minimum atomic E-state index is -2.02. The van der Waals surface area contributed by atoms with Crippen molar-refractivity contribution in [2.45, 2.75) is 136 Å². The van der Waals surface area contributed by atoms with Gasteiger partial charge in [0.1, 0.15) is 139 Å². The van der Waals surface area contributed by atoms with E-state index in [0.29, 0.717) is 0 Å². The van der Waals surface area contributed by atoms with Crippen LogP contribution in [0, 0.1) is 0 Å². The summed E-state index contributed by atoms with van der Waals surface area (Å²) in [5, 5.41) is 180. The average molecular weight is 1180 g/mol. The van der Waals surface area contributed by atoms with Crippen LogP contribution in [0.3, 0.4) is 0 Å². The molecule has 0 aliphatic carbocycles. The van der Waals surface area contributed by atoms with Crippen LogP contribution in [0.1, 0.15) is 44.9 Å². The number of carbonyl (C=O) groups excluding carboxylic acids is 2. The Morgan fingerprint density at radius 3 is 1.42 bits per heavy atom. The fourth-order valence-corrected chi connectivity index (χ4v) is 9.35. The summed E-state index contributed by atoms with van der Waals surface area (Å²) < 4.78 is 62.3. The van der Waals surface area contributed by atoms with Crippen LogP contribution >= 0.6 is 0 Å². The lowest BCUT2D eigenvalue weighted by Gasteiger charge is -2.43. The van der Waals surface area contributed by atoms with Gasteiger partial charge in [-0.25, -0.2) is 9.59 Å². The number of fused-ring (bicyclic) bond motifs is 1. The van der Waals surface area contributed by atoms with E-state index in [1.54, 1.807) is 0 Å². The predicted octanol–water partition coefficient (Wildman–Crippen LogP) is -3.56. The second kappa shape index (κ2) is 25.1. The fraction of sp³-hybridized carbons (Fsp3) is 0.472. The summed E-state index contributed by atoms with van der Waals surface area (Å²) in [6.45, 7) is -0.594. The van der Waals surface area contributed by atoms with Crippen molar-refractivity contribution in [3.05, 3.63) is 101 Å². The van der Waals surface area contributed by atoms with E-state index in [4.69, 9.17) is 52.1 Å². The molecule has 9 rings (SSSR count). The Morgan fingerprint density at radius 1 is 0.458 bits per heavy atom. The summed E-state index contributed by atoms with van der Waals surface area (Å²) in [7, 11) is 0. The molecular weight excluding hydrogens is 1120 g/mol. The summed E-state index contributed by atoms with van der Waals surface area (Å²) in [5.74, 6) is -6.12. The van der Waals surface area contributed by atoms with Crippen molar-refractivity contribution in [2.24, 2.45) is 0 Å². The minimum absolute atomic E-state index is 0.0157. The maximum Gasteiger partial charge on any atom is 0.338 e. The Morgan fingerprint density at radius 2 is 0.904 bits per heavy atom. The quantitative estimate of drug-likeness (QED) is 0.0381. The Kier molecular flexibility index (Phi) is 18.4. The van der Waals surface area contributed by atoms with E-state index in [-0.39, 0.29) is 51.0 Å². The smallest absolute Gasteiger partial charge is 0.338 e. The van der Waals surface area contributed by atoms with Gasteiger partial charge in [0.25, 0.3) is 0 Å². The van der Waals surface area contributed by atoms with Crippen LogP contribution in [0.4, 0.5) is 0 Å². The molecule has 5 aliphatic heterocycles. The first-order valence-corrected chi connectivity index (χ1v) is 25.5. The number of esters is 2. The third kappa shape index (κ3) is 12.9. The predicted molar refractivity (Wildman–Crippen MR) is 267 cm³/mol. The summed E-state index contributed by atoms with van der Waals surface area (Å²) >= 11 is 0. The van der Waals surface area contributed by atoms with Gasteiger partial charge < -0.3 is 139 Å². The van der Waals surface area contributed by atoms with Gasteiger partial charge in [0.15, 0.2) is 29.6 Å². The van der Waals surface area contributed by atoms with Gasteiger partial charge in [-0.1, -0.05) is 0 Å². The van der Waals surface area contributed by atoms with Crippen molar-refractivity contribution >= 4 is 18.0 Å². The monoisotopic (exact) mass is 1180 g/mol. The normalized spacial score (nSPS) is 35.2. The van der Waals surface area contributed by atoms with E-state index in [1.165, 1.54) is 55.5 Å². The molecule has 21 atom stereocenters. The third-order valence-corrected chi connectivity index (χ3v) is 14.2. The largest absolute Gasteiger partial charge is 0.508 e. The number of phenols is 5. The van der Waals surface area contributed by atoms with Crippen molar-refractivity contribution in [1.82, 2.24) is 0 Å². The summed E-state index contributed by atoms with van der Waals surface area (Å²) in [6.07, 6.45) is -34.8. The average Bonchev–Trinajstić information content (AvgIpc) is 3.65. The fourth-order valence-electron chi connectivity index (χ4n) is 9.35. The van der Waals surface area contributed by atoms with Gasteiger partial charge in [-0.05, 0) is 73.7 Å². The van der Waals surface area contributed by atoms with E-state index in [0.717, 1.165) is 30.3 Å². The van der Waals surface area contributed by atoms with Crippen molar-refractivity contribution in [3.8, 4) is 46.0 Å². The zero-order valence-electron chi connectivity index (χ0n) is 43.2. The molecule has 4 saturated heterocycles. The van der Waals surface area contributed by atoms with E-state index in [9.17, 15) is 96.4 Å². The molecule has 4 aromatic rings.